The van der Waals surface area contributed by atoms with E-state index in [4.69, 9.17) is 16.3 Å². The standard InChI is InChI=1S/C17H20ClN5O2/c1-12-19-15(11-16(20-12)25-2)22-6-8-23(9-7-22)17(24)21-14-5-3-4-13(18)10-14/h3-5,10-11H,6-9H2,1-2H3,(H,21,24). The monoisotopic (exact) mass is 361 g/mol. The first-order valence-electron chi connectivity index (χ1n) is 8.01. The van der Waals surface area contributed by atoms with Gasteiger partial charge in [-0.05, 0) is 25.1 Å². The van der Waals surface area contributed by atoms with Crippen LogP contribution in [0.15, 0.2) is 30.3 Å². The van der Waals surface area contributed by atoms with Crippen molar-refractivity contribution in [1.29, 1.82) is 0 Å². The SMILES string of the molecule is COc1cc(N2CCN(C(=O)Nc3cccc(Cl)c3)CC2)nc(C)n1. The first-order chi connectivity index (χ1) is 12.0. The fraction of sp³-hybridized carbons (Fsp3) is 0.353. The minimum Gasteiger partial charge on any atom is -0.481 e. The van der Waals surface area contributed by atoms with Crippen molar-refractivity contribution in [2.45, 2.75) is 6.92 Å². The molecule has 0 spiro atoms. The summed E-state index contributed by atoms with van der Waals surface area (Å²) in [6.07, 6.45) is 0. The molecule has 132 valence electrons. The van der Waals surface area contributed by atoms with Gasteiger partial charge in [-0.15, -0.1) is 0 Å². The molecule has 0 saturated carbocycles. The topological polar surface area (TPSA) is 70.6 Å². The third kappa shape index (κ3) is 4.30. The maximum Gasteiger partial charge on any atom is 0.321 e. The van der Waals surface area contributed by atoms with Crippen LogP contribution < -0.4 is 15.0 Å². The lowest BCUT2D eigenvalue weighted by molar-refractivity contribution is 0.208. The Kier molecular flexibility index (Phi) is 5.23. The molecule has 1 saturated heterocycles. The summed E-state index contributed by atoms with van der Waals surface area (Å²) >= 11 is 5.94. The number of carbonyl (C=O) groups is 1. The van der Waals surface area contributed by atoms with E-state index in [9.17, 15) is 4.79 Å². The average molecular weight is 362 g/mol. The Hall–Kier alpha value is -2.54. The molecule has 1 fully saturated rings. The molecule has 25 heavy (non-hydrogen) atoms. The third-order valence-electron chi connectivity index (χ3n) is 3.98. The Labute approximate surface area is 151 Å². The number of methoxy groups -OCH3 is 1. The summed E-state index contributed by atoms with van der Waals surface area (Å²) in [5.41, 5.74) is 0.691. The Morgan fingerprint density at radius 3 is 2.64 bits per heavy atom. The van der Waals surface area contributed by atoms with Gasteiger partial charge in [0, 0.05) is 43.0 Å². The van der Waals surface area contributed by atoms with Crippen molar-refractivity contribution in [1.82, 2.24) is 14.9 Å². The zero-order valence-corrected chi connectivity index (χ0v) is 15.0. The third-order valence-corrected chi connectivity index (χ3v) is 4.21. The fourth-order valence-corrected chi connectivity index (χ4v) is 2.89. The first kappa shape index (κ1) is 17.3. The largest absolute Gasteiger partial charge is 0.481 e. The number of amides is 2. The number of hydrogen-bond acceptors (Lipinski definition) is 5. The number of rotatable bonds is 3. The Morgan fingerprint density at radius 1 is 1.20 bits per heavy atom. The highest BCUT2D eigenvalue weighted by Gasteiger charge is 2.22. The van der Waals surface area contributed by atoms with E-state index in [2.05, 4.69) is 20.2 Å². The molecule has 0 atom stereocenters. The molecule has 1 aliphatic heterocycles. The van der Waals surface area contributed by atoms with Gasteiger partial charge in [0.25, 0.3) is 0 Å². The Balaban J connectivity index is 1.60. The zero-order valence-electron chi connectivity index (χ0n) is 14.2. The number of aryl methyl sites for hydroxylation is 1. The second-order valence-electron chi connectivity index (χ2n) is 5.73. The van der Waals surface area contributed by atoms with Crippen LogP contribution in [-0.2, 0) is 0 Å². The van der Waals surface area contributed by atoms with E-state index in [0.29, 0.717) is 48.6 Å². The van der Waals surface area contributed by atoms with Gasteiger partial charge in [-0.2, -0.15) is 4.98 Å². The van der Waals surface area contributed by atoms with Crippen LogP contribution in [-0.4, -0.2) is 54.2 Å². The van der Waals surface area contributed by atoms with Gasteiger partial charge >= 0.3 is 6.03 Å². The molecule has 1 aromatic carbocycles. The molecule has 0 bridgehead atoms. The van der Waals surface area contributed by atoms with Crippen LogP contribution in [0, 0.1) is 6.92 Å². The second kappa shape index (κ2) is 7.57. The van der Waals surface area contributed by atoms with Gasteiger partial charge in [0.15, 0.2) is 0 Å². The van der Waals surface area contributed by atoms with E-state index < -0.39 is 0 Å². The Morgan fingerprint density at radius 2 is 1.96 bits per heavy atom. The minimum atomic E-state index is -0.127. The summed E-state index contributed by atoms with van der Waals surface area (Å²) in [5.74, 6) is 2.03. The first-order valence-corrected chi connectivity index (χ1v) is 8.39. The van der Waals surface area contributed by atoms with Crippen molar-refractivity contribution < 1.29 is 9.53 Å². The number of nitrogens with zero attached hydrogens (tertiary/aromatic N) is 4. The van der Waals surface area contributed by atoms with Gasteiger partial charge in [0.1, 0.15) is 11.6 Å². The normalized spacial score (nSPS) is 14.4. The molecular weight excluding hydrogens is 342 g/mol. The van der Waals surface area contributed by atoms with Gasteiger partial charge in [-0.25, -0.2) is 9.78 Å². The van der Waals surface area contributed by atoms with Crippen LogP contribution in [0.2, 0.25) is 5.02 Å². The van der Waals surface area contributed by atoms with Crippen LogP contribution >= 0.6 is 11.6 Å². The number of piperazine rings is 1. The molecule has 0 unspecified atom stereocenters. The van der Waals surface area contributed by atoms with Crippen molar-refractivity contribution in [2.24, 2.45) is 0 Å². The number of nitrogens with one attached hydrogen (secondary N) is 1. The number of benzene rings is 1. The summed E-state index contributed by atoms with van der Waals surface area (Å²) in [4.78, 5) is 24.9. The number of urea groups is 1. The van der Waals surface area contributed by atoms with Crippen molar-refractivity contribution in [3.8, 4) is 5.88 Å². The van der Waals surface area contributed by atoms with Crippen LogP contribution in [0.5, 0.6) is 5.88 Å². The molecule has 1 aromatic heterocycles. The number of anilines is 2. The zero-order chi connectivity index (χ0) is 17.8. The minimum absolute atomic E-state index is 0.127. The maximum atomic E-state index is 12.4. The van der Waals surface area contributed by atoms with Crippen LogP contribution in [0.25, 0.3) is 0 Å². The van der Waals surface area contributed by atoms with Crippen LogP contribution in [0.4, 0.5) is 16.3 Å². The fourth-order valence-electron chi connectivity index (χ4n) is 2.70. The molecule has 3 rings (SSSR count). The van der Waals surface area contributed by atoms with Gasteiger partial charge in [0.2, 0.25) is 5.88 Å². The van der Waals surface area contributed by atoms with Gasteiger partial charge < -0.3 is 19.9 Å². The van der Waals surface area contributed by atoms with Crippen LogP contribution in [0.1, 0.15) is 5.82 Å². The molecule has 2 aromatic rings. The quantitative estimate of drug-likeness (QED) is 0.910. The predicted octanol–water partition coefficient (Wildman–Crippen LogP) is 2.80. The number of ether oxygens (including phenoxy) is 1. The highest BCUT2D eigenvalue weighted by molar-refractivity contribution is 6.30. The molecular formula is C17H20ClN5O2. The Bertz CT molecular complexity index is 762. The summed E-state index contributed by atoms with van der Waals surface area (Å²) in [5, 5.41) is 3.47. The van der Waals surface area contributed by atoms with Gasteiger partial charge in [0.05, 0.1) is 7.11 Å². The predicted molar refractivity (Wildman–Crippen MR) is 97.6 cm³/mol. The highest BCUT2D eigenvalue weighted by Crippen LogP contribution is 2.20. The lowest BCUT2D eigenvalue weighted by atomic mass is 10.3. The number of aromatic nitrogens is 2. The summed E-state index contributed by atoms with van der Waals surface area (Å²) < 4.78 is 5.20. The smallest absolute Gasteiger partial charge is 0.321 e. The number of carbonyl (C=O) groups excluding carboxylic acids is 1. The second-order valence-corrected chi connectivity index (χ2v) is 6.17. The van der Waals surface area contributed by atoms with Crippen molar-refractivity contribution in [3.63, 3.8) is 0 Å². The average Bonchev–Trinajstić information content (AvgIpc) is 2.61. The van der Waals surface area contributed by atoms with Crippen LogP contribution in [0.3, 0.4) is 0 Å². The molecule has 0 radical (unpaired) electrons. The molecule has 8 heteroatoms. The lowest BCUT2D eigenvalue weighted by Crippen LogP contribution is -2.50. The molecule has 2 heterocycles. The molecule has 1 N–H and O–H groups in total. The summed E-state index contributed by atoms with van der Waals surface area (Å²) in [6.45, 7) is 4.45. The van der Waals surface area contributed by atoms with Crippen molar-refractivity contribution >= 4 is 29.1 Å². The summed E-state index contributed by atoms with van der Waals surface area (Å²) in [7, 11) is 1.59. The van der Waals surface area contributed by atoms with E-state index in [-0.39, 0.29) is 6.03 Å². The molecule has 7 nitrogen and oxygen atoms in total. The van der Waals surface area contributed by atoms with E-state index in [0.717, 1.165) is 5.82 Å². The summed E-state index contributed by atoms with van der Waals surface area (Å²) in [6, 6.07) is 8.81. The van der Waals surface area contributed by atoms with Crippen molar-refractivity contribution in [2.75, 3.05) is 43.5 Å². The maximum absolute atomic E-state index is 12.4. The molecule has 1 aliphatic rings. The van der Waals surface area contributed by atoms with Gasteiger partial charge in [-0.1, -0.05) is 17.7 Å². The van der Waals surface area contributed by atoms with Gasteiger partial charge in [-0.3, -0.25) is 0 Å². The number of halogens is 1. The van der Waals surface area contributed by atoms with Crippen molar-refractivity contribution in [3.05, 3.63) is 41.2 Å². The van der Waals surface area contributed by atoms with E-state index in [1.807, 2.05) is 19.1 Å². The number of hydrogen-bond donors (Lipinski definition) is 1. The van der Waals surface area contributed by atoms with E-state index in [1.165, 1.54) is 0 Å². The molecule has 0 aliphatic carbocycles. The highest BCUT2D eigenvalue weighted by atomic mass is 35.5. The molecule has 2 amide bonds. The van der Waals surface area contributed by atoms with E-state index >= 15 is 0 Å². The lowest BCUT2D eigenvalue weighted by Gasteiger charge is -2.35. The van der Waals surface area contributed by atoms with E-state index in [1.54, 1.807) is 30.2 Å².